The summed E-state index contributed by atoms with van der Waals surface area (Å²) < 4.78 is 1.46. The molecule has 2 aromatic carbocycles. The molecule has 28 heavy (non-hydrogen) atoms. The number of primary amides is 1. The lowest BCUT2D eigenvalue weighted by Crippen LogP contribution is -2.39. The number of hydrogen-bond donors (Lipinski definition) is 2. The van der Waals surface area contributed by atoms with Gasteiger partial charge in [-0.15, -0.1) is 0 Å². The number of benzene rings is 2. The highest BCUT2D eigenvalue weighted by atomic mass is 35.5. The predicted octanol–water partition coefficient (Wildman–Crippen LogP) is 3.02. The second-order valence-electron chi connectivity index (χ2n) is 6.10. The molecule has 0 aliphatic rings. The molecule has 3 rings (SSSR count). The van der Waals surface area contributed by atoms with Crippen LogP contribution in [0.3, 0.4) is 0 Å². The van der Waals surface area contributed by atoms with Crippen LogP contribution in [0.5, 0.6) is 0 Å². The van der Waals surface area contributed by atoms with E-state index in [0.29, 0.717) is 26.8 Å². The largest absolute Gasteiger partial charge is 0.351 e. The molecule has 0 spiro atoms. The summed E-state index contributed by atoms with van der Waals surface area (Å²) in [4.78, 5) is 40.9. The Bertz CT molecular complexity index is 1150. The molecule has 9 heteroatoms. The number of aromatic nitrogens is 2. The van der Waals surface area contributed by atoms with Crippen molar-refractivity contribution >= 4 is 46.2 Å². The van der Waals surface area contributed by atoms with E-state index in [4.69, 9.17) is 17.3 Å². The quantitative estimate of drug-likeness (QED) is 0.502. The summed E-state index contributed by atoms with van der Waals surface area (Å²) >= 11 is 7.10. The molecular formula is C19H17ClN4O3S. The third-order valence-corrected chi connectivity index (χ3v) is 5.34. The van der Waals surface area contributed by atoms with Gasteiger partial charge in [0.1, 0.15) is 0 Å². The second-order valence-corrected chi connectivity index (χ2v) is 7.84. The van der Waals surface area contributed by atoms with E-state index >= 15 is 0 Å². The molecule has 0 fully saturated rings. The fraction of sp³-hybridized carbons (Fsp3) is 0.158. The Labute approximate surface area is 169 Å². The van der Waals surface area contributed by atoms with Crippen LogP contribution in [0, 0.1) is 6.92 Å². The first-order chi connectivity index (χ1) is 13.3. The average Bonchev–Trinajstić information content (AvgIpc) is 2.62. The molecule has 7 nitrogen and oxygen atoms in total. The smallest absolute Gasteiger partial charge is 0.318 e. The molecule has 0 bridgehead atoms. The lowest BCUT2D eigenvalue weighted by Gasteiger charge is -2.17. The molecule has 3 amide bonds. The van der Waals surface area contributed by atoms with Gasteiger partial charge in [0.15, 0.2) is 5.16 Å². The molecule has 3 N–H and O–H groups in total. The molecule has 0 saturated carbocycles. The van der Waals surface area contributed by atoms with Crippen molar-refractivity contribution in [3.63, 3.8) is 0 Å². The maximum Gasteiger partial charge on any atom is 0.318 e. The summed E-state index contributed by atoms with van der Waals surface area (Å²) in [6.07, 6.45) is 0. The summed E-state index contributed by atoms with van der Waals surface area (Å²) in [6, 6.07) is 11.3. The maximum atomic E-state index is 13.2. The van der Waals surface area contributed by atoms with Crippen molar-refractivity contribution in [3.05, 3.63) is 63.4 Å². The number of aryl methyl sites for hydroxylation is 1. The highest BCUT2D eigenvalue weighted by Gasteiger charge is 2.21. The minimum atomic E-state index is -0.938. The third-order valence-electron chi connectivity index (χ3n) is 4.05. The molecule has 0 aliphatic heterocycles. The van der Waals surface area contributed by atoms with Gasteiger partial charge in [-0.3, -0.25) is 19.5 Å². The minimum absolute atomic E-state index is 0.277. The number of nitrogens with zero attached hydrogens (tertiary/aromatic N) is 2. The highest BCUT2D eigenvalue weighted by Crippen LogP contribution is 2.27. The van der Waals surface area contributed by atoms with Crippen molar-refractivity contribution < 1.29 is 9.59 Å². The van der Waals surface area contributed by atoms with Crippen LogP contribution in [0.25, 0.3) is 16.6 Å². The molecule has 0 saturated heterocycles. The molecule has 1 atom stereocenters. The number of rotatable bonds is 4. The van der Waals surface area contributed by atoms with E-state index in [-0.39, 0.29) is 5.56 Å². The Hall–Kier alpha value is -2.84. The Kier molecular flexibility index (Phi) is 5.71. The molecule has 1 aromatic heterocycles. The van der Waals surface area contributed by atoms with Gasteiger partial charge in [-0.25, -0.2) is 9.78 Å². The van der Waals surface area contributed by atoms with E-state index in [0.717, 1.165) is 17.3 Å². The van der Waals surface area contributed by atoms with Crippen molar-refractivity contribution in [2.45, 2.75) is 24.3 Å². The summed E-state index contributed by atoms with van der Waals surface area (Å²) in [5, 5.41) is 2.48. The van der Waals surface area contributed by atoms with E-state index in [1.165, 1.54) is 4.57 Å². The lowest BCUT2D eigenvalue weighted by atomic mass is 10.2. The van der Waals surface area contributed by atoms with Gasteiger partial charge in [0, 0.05) is 5.02 Å². The summed E-state index contributed by atoms with van der Waals surface area (Å²) in [5.41, 5.74) is 6.69. The number of hydrogen-bond acceptors (Lipinski definition) is 5. The van der Waals surface area contributed by atoms with Crippen LogP contribution >= 0.6 is 23.4 Å². The maximum absolute atomic E-state index is 13.2. The zero-order valence-electron chi connectivity index (χ0n) is 15.1. The molecule has 3 aromatic rings. The number of carbonyl (C=O) groups excluding carboxylic acids is 2. The Balaban J connectivity index is 2.20. The zero-order valence-corrected chi connectivity index (χ0v) is 16.7. The lowest BCUT2D eigenvalue weighted by molar-refractivity contribution is -0.119. The first-order valence-electron chi connectivity index (χ1n) is 8.33. The number of urea groups is 1. The fourth-order valence-electron chi connectivity index (χ4n) is 2.68. The standard InChI is InChI=1S/C19H17ClN4O3S/c1-10-5-3-4-6-15(10)24-17(26)13-8-7-12(20)9-14(13)22-19(24)28-11(2)16(25)23-18(21)27/h3-9,11H,1-2H3,(H3,21,23,25,27)/t11-/m0/s1. The number of halogens is 1. The molecule has 0 unspecified atom stereocenters. The summed E-state index contributed by atoms with van der Waals surface area (Å²) in [7, 11) is 0. The molecule has 1 heterocycles. The first-order valence-corrected chi connectivity index (χ1v) is 9.59. The normalized spacial score (nSPS) is 12.0. The number of fused-ring (bicyclic) bond motifs is 1. The van der Waals surface area contributed by atoms with Crippen LogP contribution in [0.15, 0.2) is 52.4 Å². The van der Waals surface area contributed by atoms with Crippen molar-refractivity contribution in [1.29, 1.82) is 0 Å². The summed E-state index contributed by atoms with van der Waals surface area (Å²) in [5.74, 6) is -0.575. The van der Waals surface area contributed by atoms with E-state index in [1.807, 2.05) is 30.4 Å². The van der Waals surface area contributed by atoms with Crippen LogP contribution in [0.1, 0.15) is 12.5 Å². The van der Waals surface area contributed by atoms with E-state index < -0.39 is 17.2 Å². The second kappa shape index (κ2) is 8.04. The van der Waals surface area contributed by atoms with Gasteiger partial charge >= 0.3 is 6.03 Å². The van der Waals surface area contributed by atoms with Gasteiger partial charge in [-0.1, -0.05) is 41.6 Å². The zero-order chi connectivity index (χ0) is 20.4. The molecular weight excluding hydrogens is 400 g/mol. The van der Waals surface area contributed by atoms with Gasteiger partial charge in [0.2, 0.25) is 5.91 Å². The number of imide groups is 1. The van der Waals surface area contributed by atoms with Gasteiger partial charge < -0.3 is 5.73 Å². The number of nitrogens with two attached hydrogens (primary N) is 1. The number of thioether (sulfide) groups is 1. The van der Waals surface area contributed by atoms with Gasteiger partial charge in [-0.05, 0) is 43.7 Å². The van der Waals surface area contributed by atoms with Crippen LogP contribution in [-0.4, -0.2) is 26.7 Å². The fourth-order valence-corrected chi connectivity index (χ4v) is 3.77. The highest BCUT2D eigenvalue weighted by molar-refractivity contribution is 8.00. The van der Waals surface area contributed by atoms with E-state index in [9.17, 15) is 14.4 Å². The predicted molar refractivity (Wildman–Crippen MR) is 110 cm³/mol. The van der Waals surface area contributed by atoms with Crippen molar-refractivity contribution in [2.24, 2.45) is 5.73 Å². The number of carbonyl (C=O) groups is 2. The van der Waals surface area contributed by atoms with Crippen LogP contribution in [0.2, 0.25) is 5.02 Å². The SMILES string of the molecule is Cc1ccccc1-n1c(S[C@@H](C)C(=O)NC(N)=O)nc2cc(Cl)ccc2c1=O. The molecule has 144 valence electrons. The monoisotopic (exact) mass is 416 g/mol. The van der Waals surface area contributed by atoms with E-state index in [1.54, 1.807) is 31.2 Å². The first kappa shape index (κ1) is 19.9. The molecule has 0 radical (unpaired) electrons. The Morgan fingerprint density at radius 1 is 1.25 bits per heavy atom. The van der Waals surface area contributed by atoms with Gasteiger partial charge in [0.05, 0.1) is 21.8 Å². The van der Waals surface area contributed by atoms with Crippen LogP contribution in [0.4, 0.5) is 4.79 Å². The molecule has 0 aliphatic carbocycles. The van der Waals surface area contributed by atoms with Crippen LogP contribution < -0.4 is 16.6 Å². The van der Waals surface area contributed by atoms with Gasteiger partial charge in [-0.2, -0.15) is 0 Å². The average molecular weight is 417 g/mol. The van der Waals surface area contributed by atoms with Gasteiger partial charge in [0.25, 0.3) is 5.56 Å². The number of para-hydroxylation sites is 1. The minimum Gasteiger partial charge on any atom is -0.351 e. The van der Waals surface area contributed by atoms with Crippen molar-refractivity contribution in [2.75, 3.05) is 0 Å². The number of nitrogens with one attached hydrogen (secondary N) is 1. The Morgan fingerprint density at radius 2 is 1.96 bits per heavy atom. The van der Waals surface area contributed by atoms with Crippen LogP contribution in [-0.2, 0) is 4.79 Å². The van der Waals surface area contributed by atoms with E-state index in [2.05, 4.69) is 4.98 Å². The topological polar surface area (TPSA) is 107 Å². The Morgan fingerprint density at radius 3 is 2.64 bits per heavy atom. The third kappa shape index (κ3) is 4.02. The summed E-state index contributed by atoms with van der Waals surface area (Å²) in [6.45, 7) is 3.48. The van der Waals surface area contributed by atoms with Crippen molar-refractivity contribution in [1.82, 2.24) is 14.9 Å². The number of amides is 3. The van der Waals surface area contributed by atoms with Crippen molar-refractivity contribution in [3.8, 4) is 5.69 Å².